The van der Waals surface area contributed by atoms with E-state index in [4.69, 9.17) is 28.4 Å². The molecule has 6 nitrogen and oxygen atoms in total. The molecule has 0 aromatic rings. The van der Waals surface area contributed by atoms with Crippen LogP contribution in [0, 0.1) is 5.92 Å². The first-order chi connectivity index (χ1) is 11.7. The number of rotatable bonds is 18. The van der Waals surface area contributed by atoms with E-state index in [1.165, 1.54) is 0 Å². The fourth-order valence-corrected chi connectivity index (χ4v) is 2.37. The number of hydrogen-bond acceptors (Lipinski definition) is 7. The third kappa shape index (κ3) is 13.4. The van der Waals surface area contributed by atoms with E-state index in [0.717, 1.165) is 12.2 Å². The van der Waals surface area contributed by atoms with Gasteiger partial charge < -0.3 is 28.4 Å². The van der Waals surface area contributed by atoms with Crippen molar-refractivity contribution in [2.24, 2.45) is 5.92 Å². The Morgan fingerprint density at radius 1 is 0.708 bits per heavy atom. The molecule has 0 saturated carbocycles. The highest BCUT2D eigenvalue weighted by Gasteiger charge is 2.23. The van der Waals surface area contributed by atoms with Crippen LogP contribution in [0.2, 0.25) is 0 Å². The van der Waals surface area contributed by atoms with E-state index in [1.54, 1.807) is 14.2 Å². The molecule has 0 spiro atoms. The number of methoxy groups -OCH3 is 2. The van der Waals surface area contributed by atoms with E-state index < -0.39 is 0 Å². The van der Waals surface area contributed by atoms with Gasteiger partial charge in [-0.15, -0.1) is 0 Å². The Bertz CT molecular complexity index is 257. The summed E-state index contributed by atoms with van der Waals surface area (Å²) in [5.74, 6) is 1.07. The molecule has 0 rings (SSSR count). The monoisotopic (exact) mass is 368 g/mol. The zero-order valence-electron chi connectivity index (χ0n) is 15.7. The van der Waals surface area contributed by atoms with Gasteiger partial charge in [0, 0.05) is 20.1 Å². The van der Waals surface area contributed by atoms with Crippen molar-refractivity contribution >= 4 is 12.6 Å². The molecule has 146 valence electrons. The summed E-state index contributed by atoms with van der Waals surface area (Å²) in [5.41, 5.74) is 0. The van der Waals surface area contributed by atoms with Crippen molar-refractivity contribution in [2.45, 2.75) is 32.5 Å². The fraction of sp³-hybridized carbons (Fsp3) is 1.00. The molecular weight excluding hydrogens is 332 g/mol. The molecule has 0 amide bonds. The zero-order valence-corrected chi connectivity index (χ0v) is 16.6. The summed E-state index contributed by atoms with van der Waals surface area (Å²) in [6.07, 6.45) is 1.12. The van der Waals surface area contributed by atoms with E-state index in [1.807, 2.05) is 0 Å². The van der Waals surface area contributed by atoms with Gasteiger partial charge in [-0.05, 0) is 19.1 Å². The Labute approximate surface area is 152 Å². The molecule has 0 aliphatic carbocycles. The minimum atomic E-state index is 0.111. The predicted molar refractivity (Wildman–Crippen MR) is 98.2 cm³/mol. The normalized spacial score (nSPS) is 15.4. The predicted octanol–water partition coefficient (Wildman–Crippen LogP) is 2.06. The topological polar surface area (TPSA) is 55.4 Å². The summed E-state index contributed by atoms with van der Waals surface area (Å²) < 4.78 is 32.5. The fourth-order valence-electron chi connectivity index (χ4n) is 2.12. The summed E-state index contributed by atoms with van der Waals surface area (Å²) in [4.78, 5) is 0. The maximum absolute atomic E-state index is 5.97. The minimum Gasteiger partial charge on any atom is -0.382 e. The van der Waals surface area contributed by atoms with Crippen LogP contribution in [0.1, 0.15) is 20.3 Å². The molecule has 0 heterocycles. The maximum atomic E-state index is 5.97. The van der Waals surface area contributed by atoms with Crippen LogP contribution in [0.15, 0.2) is 0 Å². The van der Waals surface area contributed by atoms with Gasteiger partial charge in [-0.3, -0.25) is 0 Å². The van der Waals surface area contributed by atoms with Gasteiger partial charge in [0.05, 0.1) is 65.1 Å². The van der Waals surface area contributed by atoms with E-state index >= 15 is 0 Å². The van der Waals surface area contributed by atoms with Gasteiger partial charge in [-0.2, -0.15) is 12.6 Å². The Morgan fingerprint density at radius 2 is 1.21 bits per heavy atom. The van der Waals surface area contributed by atoms with Crippen LogP contribution in [0.5, 0.6) is 0 Å². The lowest BCUT2D eigenvalue weighted by Gasteiger charge is -2.29. The third-order valence-corrected chi connectivity index (χ3v) is 4.03. The summed E-state index contributed by atoms with van der Waals surface area (Å²) in [7, 11) is 3.33. The van der Waals surface area contributed by atoms with E-state index in [2.05, 4.69) is 26.5 Å². The van der Waals surface area contributed by atoms with Crippen molar-refractivity contribution < 1.29 is 28.4 Å². The second kappa shape index (κ2) is 17.9. The Hall–Kier alpha value is 0.110. The smallest absolute Gasteiger partial charge is 0.0704 e. The molecule has 0 fully saturated rings. The van der Waals surface area contributed by atoms with Gasteiger partial charge in [0.1, 0.15) is 0 Å². The lowest BCUT2D eigenvalue weighted by molar-refractivity contribution is -0.0742. The van der Waals surface area contributed by atoms with Gasteiger partial charge in [-0.1, -0.05) is 6.92 Å². The van der Waals surface area contributed by atoms with Gasteiger partial charge in [0.15, 0.2) is 0 Å². The average molecular weight is 369 g/mol. The molecule has 0 bridgehead atoms. The zero-order chi connectivity index (χ0) is 18.0. The van der Waals surface area contributed by atoms with Crippen LogP contribution in [0.25, 0.3) is 0 Å². The van der Waals surface area contributed by atoms with Crippen LogP contribution in [-0.2, 0) is 28.4 Å². The van der Waals surface area contributed by atoms with Crippen molar-refractivity contribution in [2.75, 3.05) is 72.8 Å². The lowest BCUT2D eigenvalue weighted by Crippen LogP contribution is -2.33. The third-order valence-electron chi connectivity index (χ3n) is 3.77. The molecule has 24 heavy (non-hydrogen) atoms. The van der Waals surface area contributed by atoms with Crippen molar-refractivity contribution in [3.05, 3.63) is 0 Å². The van der Waals surface area contributed by atoms with Gasteiger partial charge in [0.25, 0.3) is 0 Å². The summed E-state index contributed by atoms with van der Waals surface area (Å²) in [6, 6.07) is 0. The number of thiol groups is 1. The number of ether oxygens (including phenoxy) is 6. The van der Waals surface area contributed by atoms with Gasteiger partial charge >= 0.3 is 0 Å². The van der Waals surface area contributed by atoms with Gasteiger partial charge in [-0.25, -0.2) is 0 Å². The standard InChI is InChI=1S/C17H36O6S/c1-15(16(2)22-12-7-19-4)17(5-14-24)23-13-11-21-10-9-20-8-6-18-3/h15-17,24H,5-14H2,1-4H3. The van der Waals surface area contributed by atoms with Crippen molar-refractivity contribution in [1.29, 1.82) is 0 Å². The average Bonchev–Trinajstić information content (AvgIpc) is 2.58. The highest BCUT2D eigenvalue weighted by Crippen LogP contribution is 2.18. The van der Waals surface area contributed by atoms with Crippen molar-refractivity contribution in [1.82, 2.24) is 0 Å². The Morgan fingerprint density at radius 3 is 1.79 bits per heavy atom. The molecule has 0 radical (unpaired) electrons. The van der Waals surface area contributed by atoms with Crippen LogP contribution >= 0.6 is 12.6 Å². The molecule has 0 aromatic carbocycles. The largest absolute Gasteiger partial charge is 0.382 e. The van der Waals surface area contributed by atoms with Crippen LogP contribution in [-0.4, -0.2) is 85.0 Å². The van der Waals surface area contributed by atoms with Crippen LogP contribution in [0.3, 0.4) is 0 Å². The first-order valence-electron chi connectivity index (χ1n) is 8.64. The Kier molecular flexibility index (Phi) is 18.0. The molecule has 0 saturated heterocycles. The molecule has 0 N–H and O–H groups in total. The molecule has 7 heteroatoms. The summed E-state index contributed by atoms with van der Waals surface area (Å²) in [5, 5.41) is 0. The number of hydrogen-bond donors (Lipinski definition) is 1. The first-order valence-corrected chi connectivity index (χ1v) is 9.28. The molecule has 0 aromatic heterocycles. The van der Waals surface area contributed by atoms with Crippen molar-refractivity contribution in [3.8, 4) is 0 Å². The van der Waals surface area contributed by atoms with Gasteiger partial charge in [0.2, 0.25) is 0 Å². The van der Waals surface area contributed by atoms with Crippen LogP contribution < -0.4 is 0 Å². The molecule has 0 aliphatic rings. The minimum absolute atomic E-state index is 0.111. The molecular formula is C17H36O6S. The lowest BCUT2D eigenvalue weighted by atomic mass is 9.97. The molecule has 0 aliphatic heterocycles. The summed E-state index contributed by atoms with van der Waals surface area (Å²) in [6.45, 7) is 8.89. The quantitative estimate of drug-likeness (QED) is 0.295. The second-order valence-corrected chi connectivity index (χ2v) is 6.01. The highest BCUT2D eigenvalue weighted by molar-refractivity contribution is 7.80. The van der Waals surface area contributed by atoms with E-state index in [9.17, 15) is 0 Å². The van der Waals surface area contributed by atoms with Crippen molar-refractivity contribution in [3.63, 3.8) is 0 Å². The van der Waals surface area contributed by atoms with E-state index in [-0.39, 0.29) is 18.1 Å². The molecule has 3 unspecified atom stereocenters. The summed E-state index contributed by atoms with van der Waals surface area (Å²) >= 11 is 4.33. The molecule has 3 atom stereocenters. The maximum Gasteiger partial charge on any atom is 0.0704 e. The Balaban J connectivity index is 3.81. The highest BCUT2D eigenvalue weighted by atomic mass is 32.1. The SMILES string of the molecule is COCCOCCOCCOC(CCS)C(C)C(C)OCCOC. The van der Waals surface area contributed by atoms with E-state index in [0.29, 0.717) is 52.9 Å². The second-order valence-electron chi connectivity index (χ2n) is 5.57. The first kappa shape index (κ1) is 24.1. The van der Waals surface area contributed by atoms with Crippen LogP contribution in [0.4, 0.5) is 0 Å².